The van der Waals surface area contributed by atoms with Gasteiger partial charge in [-0.3, -0.25) is 14.4 Å². The maximum Gasteiger partial charge on any atom is 0.265 e. The van der Waals surface area contributed by atoms with Gasteiger partial charge in [0.1, 0.15) is 4.88 Å². The first-order valence-electron chi connectivity index (χ1n) is 6.81. The summed E-state index contributed by atoms with van der Waals surface area (Å²) < 4.78 is 0. The predicted molar refractivity (Wildman–Crippen MR) is 86.8 cm³/mol. The molecule has 2 aromatic heterocycles. The van der Waals surface area contributed by atoms with Crippen molar-refractivity contribution in [3.05, 3.63) is 38.5 Å². The first-order valence-corrected chi connectivity index (χ1v) is 7.63. The lowest BCUT2D eigenvalue weighted by Gasteiger charge is -2.07. The summed E-state index contributed by atoms with van der Waals surface area (Å²) in [6.45, 7) is 3.32. The van der Waals surface area contributed by atoms with Gasteiger partial charge in [-0.05, 0) is 13.8 Å². The summed E-state index contributed by atoms with van der Waals surface area (Å²) in [5.74, 6) is -0.503. The molecule has 2 rings (SSSR count). The molecule has 9 heteroatoms. The van der Waals surface area contributed by atoms with Crippen LogP contribution in [-0.4, -0.2) is 45.8 Å². The molecule has 8 nitrogen and oxygen atoms in total. The van der Waals surface area contributed by atoms with Crippen LogP contribution in [0.25, 0.3) is 0 Å². The Morgan fingerprint density at radius 1 is 1.35 bits per heavy atom. The molecule has 2 aromatic rings. The van der Waals surface area contributed by atoms with Crippen LogP contribution in [0.5, 0.6) is 0 Å². The molecule has 0 aliphatic heterocycles. The minimum Gasteiger partial charge on any atom is -0.344 e. The summed E-state index contributed by atoms with van der Waals surface area (Å²) in [5.41, 5.74) is 1.10. The highest BCUT2D eigenvalue weighted by Gasteiger charge is 2.18. The number of nitrogens with one attached hydrogen (secondary N) is 2. The molecule has 0 saturated carbocycles. The Hall–Kier alpha value is -2.55. The largest absolute Gasteiger partial charge is 0.344 e. The van der Waals surface area contributed by atoms with Crippen molar-refractivity contribution in [2.45, 2.75) is 20.3 Å². The van der Waals surface area contributed by atoms with Gasteiger partial charge >= 0.3 is 0 Å². The molecule has 122 valence electrons. The van der Waals surface area contributed by atoms with Crippen molar-refractivity contribution in [2.75, 3.05) is 19.4 Å². The van der Waals surface area contributed by atoms with Crippen molar-refractivity contribution in [1.29, 1.82) is 0 Å². The van der Waals surface area contributed by atoms with E-state index in [9.17, 15) is 14.4 Å². The fraction of sp³-hybridized carbons (Fsp3) is 0.357. The number of aromatic nitrogens is 3. The van der Waals surface area contributed by atoms with Gasteiger partial charge in [0.2, 0.25) is 5.91 Å². The predicted octanol–water partition coefficient (Wildman–Crippen LogP) is 0.726. The maximum absolute atomic E-state index is 12.1. The fourth-order valence-corrected chi connectivity index (χ4v) is 2.85. The average molecular weight is 335 g/mol. The van der Waals surface area contributed by atoms with Crippen molar-refractivity contribution in [3.8, 4) is 0 Å². The van der Waals surface area contributed by atoms with Crippen LogP contribution in [0.4, 0.5) is 5.13 Å². The quantitative estimate of drug-likeness (QED) is 0.856. The van der Waals surface area contributed by atoms with E-state index < -0.39 is 0 Å². The first kappa shape index (κ1) is 16.8. The van der Waals surface area contributed by atoms with Gasteiger partial charge in [0.05, 0.1) is 24.1 Å². The van der Waals surface area contributed by atoms with E-state index >= 15 is 0 Å². The number of rotatable bonds is 4. The third-order valence-corrected chi connectivity index (χ3v) is 4.22. The highest BCUT2D eigenvalue weighted by Crippen LogP contribution is 2.23. The van der Waals surface area contributed by atoms with E-state index in [4.69, 9.17) is 0 Å². The molecule has 2 N–H and O–H groups in total. The lowest BCUT2D eigenvalue weighted by Crippen LogP contribution is -2.21. The molecule has 0 spiro atoms. The normalized spacial score (nSPS) is 10.4. The van der Waals surface area contributed by atoms with Gasteiger partial charge < -0.3 is 15.2 Å². The summed E-state index contributed by atoms with van der Waals surface area (Å²) in [5, 5.41) is 2.99. The van der Waals surface area contributed by atoms with Gasteiger partial charge in [-0.15, -0.1) is 0 Å². The first-order chi connectivity index (χ1) is 10.8. The van der Waals surface area contributed by atoms with Crippen LogP contribution < -0.4 is 10.9 Å². The third-order valence-electron chi connectivity index (χ3n) is 3.16. The number of nitrogens with zero attached hydrogens (tertiary/aromatic N) is 3. The molecule has 0 fully saturated rings. The summed E-state index contributed by atoms with van der Waals surface area (Å²) in [6.07, 6.45) is 1.23. The van der Waals surface area contributed by atoms with E-state index in [-0.39, 0.29) is 23.8 Å². The molecule has 2 heterocycles. The summed E-state index contributed by atoms with van der Waals surface area (Å²) in [4.78, 5) is 48.1. The molecule has 0 unspecified atom stereocenters. The molecule has 0 aromatic carbocycles. The Morgan fingerprint density at radius 3 is 2.70 bits per heavy atom. The number of hydrogen-bond donors (Lipinski definition) is 2. The Morgan fingerprint density at radius 2 is 2.04 bits per heavy atom. The lowest BCUT2D eigenvalue weighted by atomic mass is 10.2. The van der Waals surface area contributed by atoms with Gasteiger partial charge in [0, 0.05) is 19.7 Å². The summed E-state index contributed by atoms with van der Waals surface area (Å²) in [6, 6.07) is 0. The number of aromatic amines is 1. The standard InChI is InChI=1S/C14H17N5O3S/c1-7-9(15-6-16-12(7)21)5-10(20)18-14-17-8(2)11(23-14)13(22)19(3)4/h6H,5H2,1-4H3,(H,15,16,21)(H,17,18,20). The average Bonchev–Trinajstić information content (AvgIpc) is 2.83. The van der Waals surface area contributed by atoms with Crippen molar-refractivity contribution in [1.82, 2.24) is 19.9 Å². The summed E-state index contributed by atoms with van der Waals surface area (Å²) >= 11 is 1.12. The van der Waals surface area contributed by atoms with E-state index in [0.717, 1.165) is 11.3 Å². The number of hydrogen-bond acceptors (Lipinski definition) is 6. The molecule has 0 aliphatic rings. The van der Waals surface area contributed by atoms with Gasteiger partial charge in [-0.1, -0.05) is 11.3 Å². The van der Waals surface area contributed by atoms with Crippen molar-refractivity contribution < 1.29 is 9.59 Å². The number of carbonyl (C=O) groups excluding carboxylic acids is 2. The second-order valence-electron chi connectivity index (χ2n) is 5.16. The van der Waals surface area contributed by atoms with Gasteiger partial charge in [-0.25, -0.2) is 9.97 Å². The molecule has 0 saturated heterocycles. The zero-order valence-electron chi connectivity index (χ0n) is 13.3. The highest BCUT2D eigenvalue weighted by molar-refractivity contribution is 7.17. The van der Waals surface area contributed by atoms with Gasteiger partial charge in [0.25, 0.3) is 11.5 Å². The minimum atomic E-state index is -0.344. The van der Waals surface area contributed by atoms with Crippen molar-refractivity contribution >= 4 is 28.3 Å². The lowest BCUT2D eigenvalue weighted by molar-refractivity contribution is -0.115. The number of amides is 2. The zero-order chi connectivity index (χ0) is 17.1. The van der Waals surface area contributed by atoms with Crippen molar-refractivity contribution in [2.24, 2.45) is 0 Å². The van der Waals surface area contributed by atoms with Crippen LogP contribution in [0, 0.1) is 13.8 Å². The fourth-order valence-electron chi connectivity index (χ4n) is 1.85. The van der Waals surface area contributed by atoms with Gasteiger partial charge in [-0.2, -0.15) is 0 Å². The number of carbonyl (C=O) groups is 2. The Kier molecular flexibility index (Phi) is 4.89. The molecule has 0 aliphatic carbocycles. The molecule has 0 bridgehead atoms. The number of H-pyrrole nitrogens is 1. The molecule has 23 heavy (non-hydrogen) atoms. The number of thiazole rings is 1. The molecular weight excluding hydrogens is 318 g/mol. The van der Waals surface area contributed by atoms with Crippen LogP contribution in [0.3, 0.4) is 0 Å². The zero-order valence-corrected chi connectivity index (χ0v) is 14.1. The molecular formula is C14H17N5O3S. The minimum absolute atomic E-state index is 0.0364. The van der Waals surface area contributed by atoms with E-state index in [1.165, 1.54) is 11.2 Å². The SMILES string of the molecule is Cc1nc(NC(=O)Cc2nc[nH]c(=O)c2C)sc1C(=O)N(C)C. The topological polar surface area (TPSA) is 108 Å². The van der Waals surface area contributed by atoms with Crippen LogP contribution in [0.2, 0.25) is 0 Å². The molecule has 0 atom stereocenters. The number of aryl methyl sites for hydroxylation is 1. The Balaban J connectivity index is 2.12. The number of anilines is 1. The van der Waals surface area contributed by atoms with E-state index in [1.54, 1.807) is 27.9 Å². The second kappa shape index (κ2) is 6.69. The van der Waals surface area contributed by atoms with Crippen LogP contribution in [0.1, 0.15) is 26.6 Å². The second-order valence-corrected chi connectivity index (χ2v) is 6.16. The highest BCUT2D eigenvalue weighted by atomic mass is 32.1. The van der Waals surface area contributed by atoms with E-state index in [0.29, 0.717) is 27.0 Å². The monoisotopic (exact) mass is 335 g/mol. The van der Waals surface area contributed by atoms with Gasteiger partial charge in [0.15, 0.2) is 5.13 Å². The van der Waals surface area contributed by atoms with E-state index in [2.05, 4.69) is 20.3 Å². The smallest absolute Gasteiger partial charge is 0.265 e. The Bertz CT molecular complexity index is 809. The van der Waals surface area contributed by atoms with Crippen LogP contribution in [-0.2, 0) is 11.2 Å². The Labute approximate surface area is 136 Å². The molecule has 2 amide bonds. The van der Waals surface area contributed by atoms with Crippen LogP contribution in [0.15, 0.2) is 11.1 Å². The summed E-state index contributed by atoms with van der Waals surface area (Å²) in [7, 11) is 3.31. The van der Waals surface area contributed by atoms with E-state index in [1.807, 2.05) is 0 Å². The van der Waals surface area contributed by atoms with Crippen molar-refractivity contribution in [3.63, 3.8) is 0 Å². The maximum atomic E-state index is 12.1. The molecule has 0 radical (unpaired) electrons. The van der Waals surface area contributed by atoms with Crippen LogP contribution >= 0.6 is 11.3 Å². The third kappa shape index (κ3) is 3.81.